The van der Waals surface area contributed by atoms with Crippen LogP contribution in [0, 0.1) is 5.92 Å². The standard InChI is InChI=1S/C29H30N4O3S.C2HF3O2/c34-29(32-20-26(21-9-3-1-4-10-21)22-11-5-2-6-12-22)24-17-25(19-30-18-24)33-37(35,36)27-15-7-13-23-14-8-16-31-28(23)27;3-2(4,5)1(6)7/h1-16,24-26,30,33H,17-20H2,(H,32,34);(H,6,7)/t24-,25+;/m0./s1. The molecule has 1 aliphatic heterocycles. The molecule has 0 bridgehead atoms. The Morgan fingerprint density at radius 1 is 0.909 bits per heavy atom. The Kier molecular flexibility index (Phi) is 10.7. The lowest BCUT2D eigenvalue weighted by atomic mass is 9.90. The number of nitrogens with zero attached hydrogens (tertiary/aromatic N) is 1. The topological polar surface area (TPSA) is 137 Å². The number of hydrogen-bond acceptors (Lipinski definition) is 6. The van der Waals surface area contributed by atoms with Crippen LogP contribution in [0.5, 0.6) is 0 Å². The largest absolute Gasteiger partial charge is 0.490 e. The Morgan fingerprint density at radius 2 is 1.50 bits per heavy atom. The van der Waals surface area contributed by atoms with E-state index in [9.17, 15) is 26.4 Å². The molecule has 2 atom stereocenters. The molecule has 1 saturated heterocycles. The number of para-hydroxylation sites is 1. The van der Waals surface area contributed by atoms with Gasteiger partial charge in [0.05, 0.1) is 11.4 Å². The molecule has 0 radical (unpaired) electrons. The molecule has 1 amide bonds. The first-order valence-electron chi connectivity index (χ1n) is 13.7. The second-order valence-electron chi connectivity index (χ2n) is 10.2. The molecule has 4 N–H and O–H groups in total. The van der Waals surface area contributed by atoms with Crippen molar-refractivity contribution in [2.24, 2.45) is 5.92 Å². The number of pyridine rings is 1. The molecule has 1 aromatic heterocycles. The van der Waals surface area contributed by atoms with Gasteiger partial charge in [-0.2, -0.15) is 13.2 Å². The van der Waals surface area contributed by atoms with Crippen molar-refractivity contribution in [3.63, 3.8) is 0 Å². The van der Waals surface area contributed by atoms with Crippen molar-refractivity contribution in [2.45, 2.75) is 29.5 Å². The molecule has 0 unspecified atom stereocenters. The molecule has 232 valence electrons. The van der Waals surface area contributed by atoms with E-state index in [2.05, 4.69) is 44.6 Å². The summed E-state index contributed by atoms with van der Waals surface area (Å²) in [7, 11) is -3.82. The normalized spacial score (nSPS) is 17.0. The summed E-state index contributed by atoms with van der Waals surface area (Å²) in [6.45, 7) is 1.42. The Balaban J connectivity index is 0.000000566. The molecule has 0 aliphatic carbocycles. The third-order valence-corrected chi connectivity index (χ3v) is 8.61. The summed E-state index contributed by atoms with van der Waals surface area (Å²) < 4.78 is 61.0. The number of aromatic nitrogens is 1. The summed E-state index contributed by atoms with van der Waals surface area (Å²) >= 11 is 0. The van der Waals surface area contributed by atoms with E-state index in [0.29, 0.717) is 31.6 Å². The Hall–Kier alpha value is -4.33. The van der Waals surface area contributed by atoms with Crippen LogP contribution in [0.2, 0.25) is 0 Å². The van der Waals surface area contributed by atoms with Crippen LogP contribution in [-0.2, 0) is 19.6 Å². The number of carboxylic acids is 1. The van der Waals surface area contributed by atoms with Gasteiger partial charge in [-0.25, -0.2) is 17.9 Å². The van der Waals surface area contributed by atoms with Gasteiger partial charge in [0, 0.05) is 43.2 Å². The van der Waals surface area contributed by atoms with Crippen molar-refractivity contribution < 1.29 is 36.3 Å². The highest BCUT2D eigenvalue weighted by Crippen LogP contribution is 2.25. The summed E-state index contributed by atoms with van der Waals surface area (Å²) in [5.74, 6) is -3.16. The summed E-state index contributed by atoms with van der Waals surface area (Å²) in [5.41, 5.74) is 2.69. The molecule has 5 rings (SSSR count). The van der Waals surface area contributed by atoms with E-state index in [4.69, 9.17) is 9.90 Å². The summed E-state index contributed by atoms with van der Waals surface area (Å²) in [6, 6.07) is 28.5. The van der Waals surface area contributed by atoms with E-state index in [1.54, 1.807) is 24.4 Å². The monoisotopic (exact) mass is 628 g/mol. The number of rotatable bonds is 8. The summed E-state index contributed by atoms with van der Waals surface area (Å²) in [6.07, 6.45) is -3.08. The second-order valence-corrected chi connectivity index (χ2v) is 11.8. The third kappa shape index (κ3) is 8.62. The zero-order valence-corrected chi connectivity index (χ0v) is 24.2. The average molecular weight is 629 g/mol. The van der Waals surface area contributed by atoms with Gasteiger partial charge in [-0.1, -0.05) is 78.9 Å². The smallest absolute Gasteiger partial charge is 0.475 e. The zero-order chi connectivity index (χ0) is 31.7. The first kappa shape index (κ1) is 32.6. The van der Waals surface area contributed by atoms with E-state index in [0.717, 1.165) is 16.5 Å². The zero-order valence-electron chi connectivity index (χ0n) is 23.4. The second kappa shape index (κ2) is 14.4. The highest BCUT2D eigenvalue weighted by molar-refractivity contribution is 7.89. The van der Waals surface area contributed by atoms with Gasteiger partial charge in [0.25, 0.3) is 0 Å². The van der Waals surface area contributed by atoms with Crippen molar-refractivity contribution in [1.29, 1.82) is 0 Å². The lowest BCUT2D eigenvalue weighted by Crippen LogP contribution is -2.52. The van der Waals surface area contributed by atoms with Crippen molar-refractivity contribution >= 4 is 32.8 Å². The number of carbonyl (C=O) groups is 2. The predicted molar refractivity (Wildman–Crippen MR) is 158 cm³/mol. The Labute approximate surface area is 252 Å². The number of carboxylic acid groups (broad SMARTS) is 1. The summed E-state index contributed by atoms with van der Waals surface area (Å²) in [4.78, 5) is 26.5. The fourth-order valence-electron chi connectivity index (χ4n) is 4.95. The van der Waals surface area contributed by atoms with Crippen LogP contribution >= 0.6 is 0 Å². The minimum Gasteiger partial charge on any atom is -0.475 e. The quantitative estimate of drug-likeness (QED) is 0.231. The first-order chi connectivity index (χ1) is 21.0. The molecule has 2 heterocycles. The number of piperidine rings is 1. The number of halogens is 3. The van der Waals surface area contributed by atoms with E-state index < -0.39 is 28.2 Å². The van der Waals surface area contributed by atoms with E-state index in [1.807, 2.05) is 48.5 Å². The number of alkyl halides is 3. The number of benzene rings is 3. The van der Waals surface area contributed by atoms with Gasteiger partial charge < -0.3 is 15.7 Å². The maximum absolute atomic E-state index is 13.2. The van der Waals surface area contributed by atoms with Crippen molar-refractivity contribution in [1.82, 2.24) is 20.3 Å². The molecule has 1 aliphatic rings. The van der Waals surface area contributed by atoms with Crippen LogP contribution in [0.1, 0.15) is 23.5 Å². The van der Waals surface area contributed by atoms with Gasteiger partial charge in [0.15, 0.2) is 0 Å². The molecule has 13 heteroatoms. The maximum atomic E-state index is 13.2. The molecule has 3 aromatic carbocycles. The van der Waals surface area contributed by atoms with Gasteiger partial charge in [-0.3, -0.25) is 9.78 Å². The highest BCUT2D eigenvalue weighted by Gasteiger charge is 2.38. The molecular formula is C31H31F3N4O5S. The lowest BCUT2D eigenvalue weighted by Gasteiger charge is -2.30. The SMILES string of the molecule is O=C(NCC(c1ccccc1)c1ccccc1)[C@@H]1CNC[C@H](NS(=O)(=O)c2cccc3cccnc23)C1.O=C(O)C(F)(F)F. The Morgan fingerprint density at radius 3 is 2.09 bits per heavy atom. The van der Waals surface area contributed by atoms with Crippen molar-refractivity contribution in [2.75, 3.05) is 19.6 Å². The number of fused-ring (bicyclic) bond motifs is 1. The van der Waals surface area contributed by atoms with E-state index in [-0.39, 0.29) is 22.6 Å². The van der Waals surface area contributed by atoms with Crippen molar-refractivity contribution in [3.05, 3.63) is 108 Å². The van der Waals surface area contributed by atoms with Gasteiger partial charge >= 0.3 is 12.1 Å². The fraction of sp³-hybridized carbons (Fsp3) is 0.258. The lowest BCUT2D eigenvalue weighted by molar-refractivity contribution is -0.192. The number of hydrogen-bond donors (Lipinski definition) is 4. The van der Waals surface area contributed by atoms with Crippen LogP contribution in [0.15, 0.2) is 102 Å². The van der Waals surface area contributed by atoms with Gasteiger partial charge in [0.1, 0.15) is 4.90 Å². The molecule has 9 nitrogen and oxygen atoms in total. The van der Waals surface area contributed by atoms with Crippen LogP contribution in [0.25, 0.3) is 10.9 Å². The predicted octanol–water partition coefficient (Wildman–Crippen LogP) is 4.07. The number of sulfonamides is 1. The minimum absolute atomic E-state index is 0.0241. The van der Waals surface area contributed by atoms with Gasteiger partial charge in [0.2, 0.25) is 15.9 Å². The average Bonchev–Trinajstić information content (AvgIpc) is 3.01. The highest BCUT2D eigenvalue weighted by atomic mass is 32.2. The minimum atomic E-state index is -5.08. The van der Waals surface area contributed by atoms with Crippen LogP contribution in [0.3, 0.4) is 0 Å². The van der Waals surface area contributed by atoms with Gasteiger partial charge in [-0.05, 0) is 29.7 Å². The molecule has 0 saturated carbocycles. The third-order valence-electron chi connectivity index (χ3n) is 7.06. The molecule has 0 spiro atoms. The number of amides is 1. The molecular weight excluding hydrogens is 597 g/mol. The van der Waals surface area contributed by atoms with Gasteiger partial charge in [-0.15, -0.1) is 0 Å². The number of nitrogens with one attached hydrogen (secondary N) is 3. The van der Waals surface area contributed by atoms with Crippen LogP contribution < -0.4 is 15.4 Å². The maximum Gasteiger partial charge on any atom is 0.490 e. The molecule has 1 fully saturated rings. The Bertz CT molecular complexity index is 1630. The van der Waals surface area contributed by atoms with Crippen LogP contribution in [0.4, 0.5) is 13.2 Å². The number of aliphatic carboxylic acids is 1. The molecule has 44 heavy (non-hydrogen) atoms. The van der Waals surface area contributed by atoms with Crippen LogP contribution in [-0.4, -0.2) is 62.2 Å². The van der Waals surface area contributed by atoms with E-state index >= 15 is 0 Å². The number of carbonyl (C=O) groups excluding carboxylic acids is 1. The first-order valence-corrected chi connectivity index (χ1v) is 15.2. The van der Waals surface area contributed by atoms with E-state index in [1.165, 1.54) is 0 Å². The molecule has 4 aromatic rings. The summed E-state index contributed by atoms with van der Waals surface area (Å²) in [5, 5.41) is 14.2. The fourth-order valence-corrected chi connectivity index (χ4v) is 6.38. The van der Waals surface area contributed by atoms with Crippen molar-refractivity contribution in [3.8, 4) is 0 Å².